The number of carbonyl (C=O) groups is 2. The molecule has 0 bridgehead atoms. The molecule has 2 aromatic carbocycles. The number of morpholine rings is 1. The highest BCUT2D eigenvalue weighted by molar-refractivity contribution is 6.01. The molecule has 2 aliphatic heterocycles. The quantitative estimate of drug-likeness (QED) is 0.861. The summed E-state index contributed by atoms with van der Waals surface area (Å²) in [7, 11) is 0. The molecule has 7 heteroatoms. The Hall–Kier alpha value is -3.06. The molecule has 2 N–H and O–H groups in total. The molecule has 2 aliphatic rings. The van der Waals surface area contributed by atoms with E-state index in [1.807, 2.05) is 30.3 Å². The zero-order chi connectivity index (χ0) is 18.6. The van der Waals surface area contributed by atoms with Crippen LogP contribution in [0.2, 0.25) is 0 Å². The summed E-state index contributed by atoms with van der Waals surface area (Å²) in [6.07, 6.45) is -0.309. The maximum atomic E-state index is 12.2. The number of amides is 2. The van der Waals surface area contributed by atoms with E-state index in [9.17, 15) is 9.59 Å². The van der Waals surface area contributed by atoms with Crippen LogP contribution in [0.15, 0.2) is 48.5 Å². The van der Waals surface area contributed by atoms with Gasteiger partial charge in [-0.05, 0) is 29.8 Å². The second-order valence-corrected chi connectivity index (χ2v) is 6.45. The second-order valence-electron chi connectivity index (χ2n) is 6.45. The Kier molecular flexibility index (Phi) is 4.93. The van der Waals surface area contributed by atoms with Gasteiger partial charge in [-0.25, -0.2) is 0 Å². The molecule has 0 radical (unpaired) electrons. The summed E-state index contributed by atoms with van der Waals surface area (Å²) in [6.45, 7) is 2.36. The van der Waals surface area contributed by atoms with E-state index in [0.717, 1.165) is 11.3 Å². The SMILES string of the molecule is O=C1N[C@H](c2ccc(OCC(=O)N3CCOCC3)cc2)Nc2ccccc21. The Balaban J connectivity index is 1.36. The fourth-order valence-corrected chi connectivity index (χ4v) is 3.18. The van der Waals surface area contributed by atoms with Gasteiger partial charge in [0.2, 0.25) is 0 Å². The van der Waals surface area contributed by atoms with Crippen LogP contribution in [0.5, 0.6) is 5.75 Å². The number of benzene rings is 2. The third-order valence-electron chi connectivity index (χ3n) is 4.69. The van der Waals surface area contributed by atoms with Crippen molar-refractivity contribution in [1.29, 1.82) is 0 Å². The molecule has 4 rings (SSSR count). The number of ether oxygens (including phenoxy) is 2. The summed E-state index contributed by atoms with van der Waals surface area (Å²) in [5.74, 6) is 0.467. The lowest BCUT2D eigenvalue weighted by molar-refractivity contribution is -0.137. The van der Waals surface area contributed by atoms with E-state index in [2.05, 4.69) is 10.6 Å². The van der Waals surface area contributed by atoms with Crippen LogP contribution in [0.4, 0.5) is 5.69 Å². The van der Waals surface area contributed by atoms with Gasteiger partial charge >= 0.3 is 0 Å². The highest BCUT2D eigenvalue weighted by atomic mass is 16.5. The smallest absolute Gasteiger partial charge is 0.260 e. The number of carbonyl (C=O) groups excluding carboxylic acids is 2. The van der Waals surface area contributed by atoms with Gasteiger partial charge in [-0.15, -0.1) is 0 Å². The standard InChI is InChI=1S/C20H21N3O4/c24-18(23-9-11-26-12-10-23)13-27-15-7-5-14(6-8-15)19-21-17-4-2-1-3-16(17)20(25)22-19/h1-8,19,21H,9-13H2,(H,22,25)/t19-/m1/s1. The molecular formula is C20H21N3O4. The lowest BCUT2D eigenvalue weighted by atomic mass is 10.1. The number of hydrogen-bond acceptors (Lipinski definition) is 5. The number of para-hydroxylation sites is 1. The molecule has 7 nitrogen and oxygen atoms in total. The number of nitrogens with one attached hydrogen (secondary N) is 2. The molecule has 2 amide bonds. The monoisotopic (exact) mass is 367 g/mol. The van der Waals surface area contributed by atoms with E-state index < -0.39 is 0 Å². The summed E-state index contributed by atoms with van der Waals surface area (Å²) >= 11 is 0. The van der Waals surface area contributed by atoms with Gasteiger partial charge in [-0.3, -0.25) is 9.59 Å². The Labute approximate surface area is 157 Å². The maximum absolute atomic E-state index is 12.2. The van der Waals surface area contributed by atoms with Crippen molar-refractivity contribution in [3.63, 3.8) is 0 Å². The number of hydrogen-bond donors (Lipinski definition) is 2. The van der Waals surface area contributed by atoms with Crippen LogP contribution in [-0.4, -0.2) is 49.6 Å². The van der Waals surface area contributed by atoms with E-state index in [1.54, 1.807) is 23.1 Å². The van der Waals surface area contributed by atoms with Crippen molar-refractivity contribution < 1.29 is 19.1 Å². The van der Waals surface area contributed by atoms with E-state index in [0.29, 0.717) is 37.6 Å². The van der Waals surface area contributed by atoms with E-state index in [1.165, 1.54) is 0 Å². The normalized spacial score (nSPS) is 18.9. The third kappa shape index (κ3) is 3.88. The molecule has 27 heavy (non-hydrogen) atoms. The van der Waals surface area contributed by atoms with Crippen LogP contribution >= 0.6 is 0 Å². The highest BCUT2D eigenvalue weighted by Crippen LogP contribution is 2.27. The molecule has 1 saturated heterocycles. The van der Waals surface area contributed by atoms with Gasteiger partial charge in [0.05, 0.1) is 18.8 Å². The molecule has 0 unspecified atom stereocenters. The van der Waals surface area contributed by atoms with Crippen molar-refractivity contribution in [3.05, 3.63) is 59.7 Å². The van der Waals surface area contributed by atoms with E-state index in [-0.39, 0.29) is 24.6 Å². The first-order valence-electron chi connectivity index (χ1n) is 8.95. The summed E-state index contributed by atoms with van der Waals surface area (Å²) in [4.78, 5) is 26.1. The fourth-order valence-electron chi connectivity index (χ4n) is 3.18. The lowest BCUT2D eigenvalue weighted by Crippen LogP contribution is -2.42. The van der Waals surface area contributed by atoms with Crippen LogP contribution in [0, 0.1) is 0 Å². The maximum Gasteiger partial charge on any atom is 0.260 e. The molecule has 0 saturated carbocycles. The van der Waals surface area contributed by atoms with E-state index >= 15 is 0 Å². The zero-order valence-electron chi connectivity index (χ0n) is 14.8. The lowest BCUT2D eigenvalue weighted by Gasteiger charge is -2.28. The fraction of sp³-hybridized carbons (Fsp3) is 0.300. The first-order chi connectivity index (χ1) is 13.2. The molecule has 1 atom stereocenters. The molecule has 140 valence electrons. The van der Waals surface area contributed by atoms with Crippen molar-refractivity contribution >= 4 is 17.5 Å². The predicted octanol–water partition coefficient (Wildman–Crippen LogP) is 1.78. The number of nitrogens with zero attached hydrogens (tertiary/aromatic N) is 1. The summed E-state index contributed by atoms with van der Waals surface area (Å²) in [6, 6.07) is 14.8. The third-order valence-corrected chi connectivity index (χ3v) is 4.69. The van der Waals surface area contributed by atoms with Crippen molar-refractivity contribution in [1.82, 2.24) is 10.2 Å². The average Bonchev–Trinajstić information content (AvgIpc) is 2.73. The van der Waals surface area contributed by atoms with Gasteiger partial charge < -0.3 is 25.0 Å². The molecule has 0 spiro atoms. The Morgan fingerprint density at radius 2 is 1.81 bits per heavy atom. The molecule has 1 fully saturated rings. The summed E-state index contributed by atoms with van der Waals surface area (Å²) < 4.78 is 10.8. The van der Waals surface area contributed by atoms with Crippen molar-refractivity contribution in [2.24, 2.45) is 0 Å². The molecule has 2 heterocycles. The molecule has 0 aliphatic carbocycles. The summed E-state index contributed by atoms with van der Waals surface area (Å²) in [5, 5.41) is 6.25. The number of fused-ring (bicyclic) bond motifs is 1. The minimum absolute atomic E-state index is 0.00510. The van der Waals surface area contributed by atoms with Gasteiger partial charge in [-0.1, -0.05) is 24.3 Å². The Morgan fingerprint density at radius 3 is 2.59 bits per heavy atom. The highest BCUT2D eigenvalue weighted by Gasteiger charge is 2.24. The molecular weight excluding hydrogens is 346 g/mol. The van der Waals surface area contributed by atoms with Gasteiger partial charge in [0.25, 0.3) is 11.8 Å². The Bertz CT molecular complexity index is 831. The first-order valence-corrected chi connectivity index (χ1v) is 8.95. The van der Waals surface area contributed by atoms with Gasteiger partial charge in [0.1, 0.15) is 11.9 Å². The van der Waals surface area contributed by atoms with Crippen molar-refractivity contribution in [3.8, 4) is 5.75 Å². The van der Waals surface area contributed by atoms with Gasteiger partial charge in [0, 0.05) is 18.8 Å². The van der Waals surface area contributed by atoms with Crippen molar-refractivity contribution in [2.75, 3.05) is 38.2 Å². The van der Waals surface area contributed by atoms with Crippen LogP contribution < -0.4 is 15.4 Å². The Morgan fingerprint density at radius 1 is 1.07 bits per heavy atom. The minimum Gasteiger partial charge on any atom is -0.484 e. The summed E-state index contributed by atoms with van der Waals surface area (Å²) in [5.41, 5.74) is 2.35. The topological polar surface area (TPSA) is 79.9 Å². The largest absolute Gasteiger partial charge is 0.484 e. The predicted molar refractivity (Wildman–Crippen MR) is 99.6 cm³/mol. The average molecular weight is 367 g/mol. The second kappa shape index (κ2) is 7.67. The number of anilines is 1. The first kappa shape index (κ1) is 17.4. The van der Waals surface area contributed by atoms with Crippen LogP contribution in [0.25, 0.3) is 0 Å². The van der Waals surface area contributed by atoms with Crippen LogP contribution in [0.1, 0.15) is 22.1 Å². The molecule has 2 aromatic rings. The van der Waals surface area contributed by atoms with Gasteiger partial charge in [0.15, 0.2) is 6.61 Å². The van der Waals surface area contributed by atoms with E-state index in [4.69, 9.17) is 9.47 Å². The van der Waals surface area contributed by atoms with Crippen LogP contribution in [-0.2, 0) is 9.53 Å². The van der Waals surface area contributed by atoms with Crippen molar-refractivity contribution in [2.45, 2.75) is 6.17 Å². The van der Waals surface area contributed by atoms with Crippen LogP contribution in [0.3, 0.4) is 0 Å². The number of rotatable bonds is 4. The van der Waals surface area contributed by atoms with Gasteiger partial charge in [-0.2, -0.15) is 0 Å². The molecule has 0 aromatic heterocycles. The minimum atomic E-state index is -0.309. The zero-order valence-corrected chi connectivity index (χ0v) is 14.8.